The molecule has 7 heteroatoms. The molecular weight excluding hydrogens is 290 g/mol. The summed E-state index contributed by atoms with van der Waals surface area (Å²) in [5.41, 5.74) is -2.26. The second-order valence-electron chi connectivity index (χ2n) is 5.32. The third-order valence-corrected chi connectivity index (χ3v) is 3.77. The standard InChI is InChI=1S/C14H15F4NO2/c15-11-9(2-1-3-10(11)14(16,17)18)12(21)19-8-13(4-5-13)6-7-20/h1-3,20H,4-8H2,(H,19,21). The second-order valence-corrected chi connectivity index (χ2v) is 5.32. The summed E-state index contributed by atoms with van der Waals surface area (Å²) in [5.74, 6) is -2.43. The zero-order valence-electron chi connectivity index (χ0n) is 11.1. The van der Waals surface area contributed by atoms with E-state index in [0.29, 0.717) is 12.5 Å². The smallest absolute Gasteiger partial charge is 0.396 e. The molecule has 0 saturated heterocycles. The highest BCUT2D eigenvalue weighted by Crippen LogP contribution is 2.47. The highest BCUT2D eigenvalue weighted by atomic mass is 19.4. The molecular formula is C14H15F4NO2. The quantitative estimate of drug-likeness (QED) is 0.822. The third-order valence-electron chi connectivity index (χ3n) is 3.77. The van der Waals surface area contributed by atoms with Crippen LogP contribution in [-0.2, 0) is 6.18 Å². The number of nitrogens with one attached hydrogen (secondary N) is 1. The van der Waals surface area contributed by atoms with Crippen molar-refractivity contribution in [3.63, 3.8) is 0 Å². The van der Waals surface area contributed by atoms with Crippen LogP contribution < -0.4 is 5.32 Å². The van der Waals surface area contributed by atoms with Crippen LogP contribution in [0.2, 0.25) is 0 Å². The van der Waals surface area contributed by atoms with Crippen molar-refractivity contribution >= 4 is 5.91 Å². The Hall–Kier alpha value is -1.63. The van der Waals surface area contributed by atoms with E-state index < -0.39 is 29.0 Å². The highest BCUT2D eigenvalue weighted by molar-refractivity contribution is 5.94. The summed E-state index contributed by atoms with van der Waals surface area (Å²) in [6.45, 7) is 0.204. The number of hydrogen-bond donors (Lipinski definition) is 2. The summed E-state index contributed by atoms with van der Waals surface area (Å²) in [4.78, 5) is 11.8. The Morgan fingerprint density at radius 2 is 2.00 bits per heavy atom. The SMILES string of the molecule is O=C(NCC1(CCO)CC1)c1cccc(C(F)(F)F)c1F. The van der Waals surface area contributed by atoms with Gasteiger partial charge in [-0.1, -0.05) is 6.07 Å². The van der Waals surface area contributed by atoms with Crippen LogP contribution in [-0.4, -0.2) is 24.2 Å². The molecule has 1 amide bonds. The number of aliphatic hydroxyl groups is 1. The monoisotopic (exact) mass is 305 g/mol. The maximum absolute atomic E-state index is 13.8. The number of aliphatic hydroxyl groups excluding tert-OH is 1. The minimum Gasteiger partial charge on any atom is -0.396 e. The Morgan fingerprint density at radius 3 is 2.52 bits per heavy atom. The predicted molar refractivity (Wildman–Crippen MR) is 67.1 cm³/mol. The van der Waals surface area contributed by atoms with Crippen LogP contribution in [0.4, 0.5) is 17.6 Å². The molecule has 0 unspecified atom stereocenters. The van der Waals surface area contributed by atoms with Crippen LogP contribution in [0.3, 0.4) is 0 Å². The first-order valence-electron chi connectivity index (χ1n) is 6.54. The number of halogens is 4. The lowest BCUT2D eigenvalue weighted by Crippen LogP contribution is -2.31. The summed E-state index contributed by atoms with van der Waals surface area (Å²) in [6.07, 6.45) is -2.66. The number of amides is 1. The Labute approximate surface area is 119 Å². The van der Waals surface area contributed by atoms with Crippen LogP contribution in [0, 0.1) is 11.2 Å². The first kappa shape index (κ1) is 15.8. The number of hydrogen-bond acceptors (Lipinski definition) is 2. The van der Waals surface area contributed by atoms with Crippen LogP contribution >= 0.6 is 0 Å². The summed E-state index contributed by atoms with van der Waals surface area (Å²) in [5, 5.41) is 11.3. The predicted octanol–water partition coefficient (Wildman–Crippen LogP) is 2.74. The van der Waals surface area contributed by atoms with E-state index in [-0.39, 0.29) is 18.6 Å². The minimum absolute atomic E-state index is 0.0200. The summed E-state index contributed by atoms with van der Waals surface area (Å²) < 4.78 is 51.5. The van der Waals surface area contributed by atoms with E-state index in [9.17, 15) is 22.4 Å². The molecule has 116 valence electrons. The van der Waals surface area contributed by atoms with Crippen LogP contribution in [0.1, 0.15) is 35.2 Å². The van der Waals surface area contributed by atoms with E-state index >= 15 is 0 Å². The van der Waals surface area contributed by atoms with Gasteiger partial charge < -0.3 is 10.4 Å². The largest absolute Gasteiger partial charge is 0.419 e. The van der Waals surface area contributed by atoms with Crippen LogP contribution in [0.15, 0.2) is 18.2 Å². The number of carbonyl (C=O) groups is 1. The van der Waals surface area contributed by atoms with Crippen molar-refractivity contribution in [2.24, 2.45) is 5.41 Å². The first-order valence-corrected chi connectivity index (χ1v) is 6.54. The zero-order chi connectivity index (χ0) is 15.7. The Balaban J connectivity index is 2.10. The molecule has 0 aliphatic heterocycles. The molecule has 0 atom stereocenters. The molecule has 0 spiro atoms. The van der Waals surface area contributed by atoms with E-state index in [1.165, 1.54) is 0 Å². The van der Waals surface area contributed by atoms with Crippen molar-refractivity contribution in [2.45, 2.75) is 25.4 Å². The average molecular weight is 305 g/mol. The van der Waals surface area contributed by atoms with Gasteiger partial charge in [0.2, 0.25) is 0 Å². The van der Waals surface area contributed by atoms with Crippen molar-refractivity contribution < 1.29 is 27.5 Å². The molecule has 1 aliphatic rings. The fraction of sp³-hybridized carbons (Fsp3) is 0.500. The maximum atomic E-state index is 13.8. The van der Waals surface area contributed by atoms with Crippen LogP contribution in [0.5, 0.6) is 0 Å². The molecule has 0 bridgehead atoms. The highest BCUT2D eigenvalue weighted by Gasteiger charge is 2.42. The lowest BCUT2D eigenvalue weighted by Gasteiger charge is -2.15. The lowest BCUT2D eigenvalue weighted by molar-refractivity contribution is -0.140. The van der Waals surface area contributed by atoms with Gasteiger partial charge >= 0.3 is 6.18 Å². The molecule has 2 rings (SSSR count). The van der Waals surface area contributed by atoms with Gasteiger partial charge in [-0.3, -0.25) is 4.79 Å². The van der Waals surface area contributed by atoms with E-state index in [0.717, 1.165) is 25.0 Å². The second kappa shape index (κ2) is 5.63. The molecule has 2 N–H and O–H groups in total. The third kappa shape index (κ3) is 3.53. The van der Waals surface area contributed by atoms with Crippen LogP contribution in [0.25, 0.3) is 0 Å². The maximum Gasteiger partial charge on any atom is 0.419 e. The van der Waals surface area contributed by atoms with Crippen molar-refractivity contribution in [2.75, 3.05) is 13.2 Å². The van der Waals surface area contributed by atoms with Gasteiger partial charge in [-0.2, -0.15) is 13.2 Å². The number of carbonyl (C=O) groups excluding carboxylic acids is 1. The summed E-state index contributed by atoms with van der Waals surface area (Å²) in [7, 11) is 0. The molecule has 0 aromatic heterocycles. The summed E-state index contributed by atoms with van der Waals surface area (Å²) in [6, 6.07) is 2.62. The van der Waals surface area contributed by atoms with Crippen molar-refractivity contribution in [3.05, 3.63) is 35.1 Å². The van der Waals surface area contributed by atoms with Gasteiger partial charge in [-0.15, -0.1) is 0 Å². The van der Waals surface area contributed by atoms with Crippen molar-refractivity contribution in [3.8, 4) is 0 Å². The molecule has 1 fully saturated rings. The van der Waals surface area contributed by atoms with Gasteiger partial charge in [0.05, 0.1) is 11.1 Å². The Kier molecular flexibility index (Phi) is 4.22. The van der Waals surface area contributed by atoms with E-state index in [1.54, 1.807) is 0 Å². The van der Waals surface area contributed by atoms with Gasteiger partial charge in [-0.05, 0) is 36.8 Å². The van der Waals surface area contributed by atoms with E-state index in [1.807, 2.05) is 0 Å². The van der Waals surface area contributed by atoms with Gasteiger partial charge in [-0.25, -0.2) is 4.39 Å². The normalized spacial score (nSPS) is 16.6. The molecule has 1 aromatic carbocycles. The number of alkyl halides is 3. The molecule has 1 aromatic rings. The molecule has 0 heterocycles. The van der Waals surface area contributed by atoms with Crippen molar-refractivity contribution in [1.29, 1.82) is 0 Å². The summed E-state index contributed by atoms with van der Waals surface area (Å²) >= 11 is 0. The molecule has 21 heavy (non-hydrogen) atoms. The fourth-order valence-electron chi connectivity index (χ4n) is 2.22. The average Bonchev–Trinajstić information content (AvgIpc) is 3.16. The molecule has 3 nitrogen and oxygen atoms in total. The minimum atomic E-state index is -4.84. The number of benzene rings is 1. The van der Waals surface area contributed by atoms with Crippen molar-refractivity contribution in [1.82, 2.24) is 5.32 Å². The van der Waals surface area contributed by atoms with Gasteiger partial charge in [0, 0.05) is 13.2 Å². The van der Waals surface area contributed by atoms with E-state index in [2.05, 4.69) is 5.32 Å². The number of rotatable bonds is 5. The molecule has 1 saturated carbocycles. The van der Waals surface area contributed by atoms with E-state index in [4.69, 9.17) is 5.11 Å². The topological polar surface area (TPSA) is 49.3 Å². The zero-order valence-corrected chi connectivity index (χ0v) is 11.1. The molecule has 0 radical (unpaired) electrons. The Bertz CT molecular complexity index is 538. The van der Waals surface area contributed by atoms with Gasteiger partial charge in [0.1, 0.15) is 5.82 Å². The molecule has 1 aliphatic carbocycles. The van der Waals surface area contributed by atoms with Gasteiger partial charge in [0.25, 0.3) is 5.91 Å². The fourth-order valence-corrected chi connectivity index (χ4v) is 2.22. The Morgan fingerprint density at radius 1 is 1.33 bits per heavy atom. The lowest BCUT2D eigenvalue weighted by atomic mass is 10.0. The van der Waals surface area contributed by atoms with Gasteiger partial charge in [0.15, 0.2) is 0 Å². The first-order chi connectivity index (χ1) is 9.79.